The Kier molecular flexibility index (Phi) is 5.83. The van der Waals surface area contributed by atoms with Crippen molar-refractivity contribution in [3.8, 4) is 5.75 Å². The first-order valence-electron chi connectivity index (χ1n) is 6.56. The highest BCUT2D eigenvalue weighted by Crippen LogP contribution is 2.15. The van der Waals surface area contributed by atoms with Gasteiger partial charge in [-0.05, 0) is 31.0 Å². The SMILES string of the molecule is CC(C)COc1cccc(C(=O)N(C)CC(C)O)c1. The highest BCUT2D eigenvalue weighted by Gasteiger charge is 2.14. The molecule has 1 aromatic rings. The summed E-state index contributed by atoms with van der Waals surface area (Å²) in [5.41, 5.74) is 0.574. The molecule has 1 unspecified atom stereocenters. The minimum absolute atomic E-state index is 0.115. The first-order valence-corrected chi connectivity index (χ1v) is 6.56. The number of ether oxygens (including phenoxy) is 1. The van der Waals surface area contributed by atoms with Crippen molar-refractivity contribution >= 4 is 5.91 Å². The maximum atomic E-state index is 12.1. The standard InChI is InChI=1S/C15H23NO3/c1-11(2)10-19-14-7-5-6-13(8-14)15(18)16(4)9-12(3)17/h5-8,11-12,17H,9-10H2,1-4H3. The molecule has 1 rings (SSSR count). The third-order valence-corrected chi connectivity index (χ3v) is 2.55. The smallest absolute Gasteiger partial charge is 0.253 e. The van der Waals surface area contributed by atoms with E-state index in [0.717, 1.165) is 0 Å². The molecule has 0 spiro atoms. The van der Waals surface area contributed by atoms with Gasteiger partial charge in [0.05, 0.1) is 12.7 Å². The Morgan fingerprint density at radius 1 is 1.37 bits per heavy atom. The van der Waals surface area contributed by atoms with E-state index in [1.54, 1.807) is 32.2 Å². The summed E-state index contributed by atoms with van der Waals surface area (Å²) in [5, 5.41) is 9.30. The van der Waals surface area contributed by atoms with Gasteiger partial charge in [-0.25, -0.2) is 0 Å². The van der Waals surface area contributed by atoms with E-state index in [1.807, 2.05) is 6.07 Å². The molecule has 0 aliphatic rings. The van der Waals surface area contributed by atoms with E-state index in [4.69, 9.17) is 4.74 Å². The van der Waals surface area contributed by atoms with Crippen LogP contribution in [0.15, 0.2) is 24.3 Å². The number of rotatable bonds is 6. The molecule has 0 fully saturated rings. The lowest BCUT2D eigenvalue weighted by molar-refractivity contribution is 0.0703. The Bertz CT molecular complexity index is 416. The molecule has 0 aliphatic heterocycles. The summed E-state index contributed by atoms with van der Waals surface area (Å²) in [6, 6.07) is 7.14. The van der Waals surface area contributed by atoms with Gasteiger partial charge < -0.3 is 14.7 Å². The van der Waals surface area contributed by atoms with Gasteiger partial charge >= 0.3 is 0 Å². The number of amides is 1. The van der Waals surface area contributed by atoms with Crippen LogP contribution in [0.2, 0.25) is 0 Å². The molecule has 1 N–H and O–H groups in total. The first kappa shape index (κ1) is 15.5. The summed E-state index contributed by atoms with van der Waals surface area (Å²) in [4.78, 5) is 13.6. The summed E-state index contributed by atoms with van der Waals surface area (Å²) in [6.07, 6.45) is -0.533. The number of nitrogens with zero attached hydrogens (tertiary/aromatic N) is 1. The topological polar surface area (TPSA) is 49.8 Å². The van der Waals surface area contributed by atoms with Crippen LogP contribution in [0.1, 0.15) is 31.1 Å². The largest absolute Gasteiger partial charge is 0.493 e. The third kappa shape index (κ3) is 5.30. The lowest BCUT2D eigenvalue weighted by Gasteiger charge is -2.19. The lowest BCUT2D eigenvalue weighted by atomic mass is 10.2. The predicted molar refractivity (Wildman–Crippen MR) is 75.4 cm³/mol. The molecule has 0 saturated heterocycles. The van der Waals surface area contributed by atoms with Crippen LogP contribution < -0.4 is 4.74 Å². The van der Waals surface area contributed by atoms with Crippen molar-refractivity contribution in [1.82, 2.24) is 4.90 Å². The maximum Gasteiger partial charge on any atom is 0.253 e. The van der Waals surface area contributed by atoms with E-state index in [0.29, 0.717) is 30.4 Å². The molecule has 0 heterocycles. The van der Waals surface area contributed by atoms with E-state index in [-0.39, 0.29) is 5.91 Å². The molecule has 0 radical (unpaired) electrons. The van der Waals surface area contributed by atoms with Gasteiger partial charge in [0.15, 0.2) is 0 Å². The van der Waals surface area contributed by atoms with E-state index >= 15 is 0 Å². The van der Waals surface area contributed by atoms with Gasteiger partial charge in [0.2, 0.25) is 0 Å². The first-order chi connectivity index (χ1) is 8.90. The number of hydrogen-bond acceptors (Lipinski definition) is 3. The molecule has 106 valence electrons. The second kappa shape index (κ2) is 7.14. The fourth-order valence-corrected chi connectivity index (χ4v) is 1.68. The highest BCUT2D eigenvalue weighted by molar-refractivity contribution is 5.94. The van der Waals surface area contributed by atoms with Crippen molar-refractivity contribution in [3.05, 3.63) is 29.8 Å². The van der Waals surface area contributed by atoms with Crippen molar-refractivity contribution < 1.29 is 14.6 Å². The predicted octanol–water partition coefficient (Wildman–Crippen LogP) is 2.17. The second-order valence-corrected chi connectivity index (χ2v) is 5.27. The number of carbonyl (C=O) groups is 1. The molecule has 1 amide bonds. The number of aliphatic hydroxyl groups is 1. The van der Waals surface area contributed by atoms with Crippen LogP contribution in [0.5, 0.6) is 5.75 Å². The van der Waals surface area contributed by atoms with Crippen molar-refractivity contribution in [2.45, 2.75) is 26.9 Å². The molecular formula is C15H23NO3. The Balaban J connectivity index is 2.72. The van der Waals surface area contributed by atoms with Gasteiger partial charge in [0.1, 0.15) is 5.75 Å². The van der Waals surface area contributed by atoms with Crippen LogP contribution in [0.4, 0.5) is 0 Å². The van der Waals surface area contributed by atoms with Crippen molar-refractivity contribution in [3.63, 3.8) is 0 Å². The van der Waals surface area contributed by atoms with E-state index < -0.39 is 6.10 Å². The molecule has 4 heteroatoms. The second-order valence-electron chi connectivity index (χ2n) is 5.27. The van der Waals surface area contributed by atoms with Crippen LogP contribution in [-0.2, 0) is 0 Å². The van der Waals surface area contributed by atoms with E-state index in [2.05, 4.69) is 13.8 Å². The van der Waals surface area contributed by atoms with Crippen molar-refractivity contribution in [1.29, 1.82) is 0 Å². The summed E-state index contributed by atoms with van der Waals surface area (Å²) < 4.78 is 5.60. The lowest BCUT2D eigenvalue weighted by Crippen LogP contribution is -2.33. The molecule has 0 saturated carbocycles. The zero-order chi connectivity index (χ0) is 14.4. The monoisotopic (exact) mass is 265 g/mol. The Morgan fingerprint density at radius 3 is 2.63 bits per heavy atom. The Labute approximate surface area is 115 Å². The minimum Gasteiger partial charge on any atom is -0.493 e. The average molecular weight is 265 g/mol. The fourth-order valence-electron chi connectivity index (χ4n) is 1.68. The maximum absolute atomic E-state index is 12.1. The number of carbonyl (C=O) groups excluding carboxylic acids is 1. The number of benzene rings is 1. The van der Waals surface area contributed by atoms with Crippen molar-refractivity contribution in [2.24, 2.45) is 5.92 Å². The molecule has 0 aromatic heterocycles. The number of likely N-dealkylation sites (N-methyl/N-ethyl adjacent to an activating group) is 1. The van der Waals surface area contributed by atoms with Gasteiger partial charge in [-0.15, -0.1) is 0 Å². The molecule has 1 atom stereocenters. The van der Waals surface area contributed by atoms with Crippen molar-refractivity contribution in [2.75, 3.05) is 20.2 Å². The average Bonchev–Trinajstić information content (AvgIpc) is 2.35. The van der Waals surface area contributed by atoms with E-state index in [1.165, 1.54) is 4.90 Å². The Hall–Kier alpha value is -1.55. The van der Waals surface area contributed by atoms with Gasteiger partial charge in [-0.2, -0.15) is 0 Å². The molecular weight excluding hydrogens is 242 g/mol. The quantitative estimate of drug-likeness (QED) is 0.857. The number of aliphatic hydroxyl groups excluding tert-OH is 1. The summed E-state index contributed by atoms with van der Waals surface area (Å²) in [6.45, 7) is 6.75. The van der Waals surface area contributed by atoms with Crippen LogP contribution in [-0.4, -0.2) is 42.2 Å². The summed E-state index contributed by atoms with van der Waals surface area (Å²) in [5.74, 6) is 1.03. The minimum atomic E-state index is -0.533. The van der Waals surface area contributed by atoms with Gasteiger partial charge in [-0.3, -0.25) is 4.79 Å². The van der Waals surface area contributed by atoms with Crippen LogP contribution in [0.25, 0.3) is 0 Å². The normalized spacial score (nSPS) is 12.3. The highest BCUT2D eigenvalue weighted by atomic mass is 16.5. The fraction of sp³-hybridized carbons (Fsp3) is 0.533. The molecule has 0 bridgehead atoms. The number of hydrogen-bond donors (Lipinski definition) is 1. The molecule has 1 aromatic carbocycles. The Morgan fingerprint density at radius 2 is 2.05 bits per heavy atom. The molecule has 4 nitrogen and oxygen atoms in total. The third-order valence-electron chi connectivity index (χ3n) is 2.55. The van der Waals surface area contributed by atoms with Gasteiger partial charge in [0, 0.05) is 19.2 Å². The van der Waals surface area contributed by atoms with E-state index in [9.17, 15) is 9.90 Å². The van der Waals surface area contributed by atoms with Gasteiger partial charge in [-0.1, -0.05) is 19.9 Å². The zero-order valence-electron chi connectivity index (χ0n) is 12.1. The summed E-state index contributed by atoms with van der Waals surface area (Å²) >= 11 is 0. The summed E-state index contributed by atoms with van der Waals surface area (Å²) in [7, 11) is 1.68. The molecule has 0 aliphatic carbocycles. The van der Waals surface area contributed by atoms with Gasteiger partial charge in [0.25, 0.3) is 5.91 Å². The zero-order valence-corrected chi connectivity index (χ0v) is 12.1. The molecule has 19 heavy (non-hydrogen) atoms. The van der Waals surface area contributed by atoms with Crippen LogP contribution in [0.3, 0.4) is 0 Å². The van der Waals surface area contributed by atoms with Crippen LogP contribution >= 0.6 is 0 Å². The van der Waals surface area contributed by atoms with Crippen LogP contribution in [0, 0.1) is 5.92 Å².